The zero-order chi connectivity index (χ0) is 21.8. The van der Waals surface area contributed by atoms with Crippen LogP contribution in [-0.2, 0) is 4.79 Å². The highest BCUT2D eigenvalue weighted by Crippen LogP contribution is 2.36. The summed E-state index contributed by atoms with van der Waals surface area (Å²) in [5.41, 5.74) is 2.24. The van der Waals surface area contributed by atoms with Gasteiger partial charge in [-0.15, -0.1) is 11.3 Å². The van der Waals surface area contributed by atoms with Crippen LogP contribution in [0.5, 0.6) is 0 Å². The highest BCUT2D eigenvalue weighted by atomic mass is 32.1. The minimum absolute atomic E-state index is 0.144. The molecule has 1 amide bonds. The van der Waals surface area contributed by atoms with E-state index in [9.17, 15) is 4.79 Å². The molecule has 0 spiro atoms. The van der Waals surface area contributed by atoms with Crippen LogP contribution in [0, 0.1) is 0 Å². The average Bonchev–Trinajstić information content (AvgIpc) is 3.30. The van der Waals surface area contributed by atoms with Crippen LogP contribution in [0.3, 0.4) is 0 Å². The predicted octanol–water partition coefficient (Wildman–Crippen LogP) is 3.30. The monoisotopic (exact) mass is 445 g/mol. The van der Waals surface area contributed by atoms with Gasteiger partial charge in [-0.2, -0.15) is 0 Å². The van der Waals surface area contributed by atoms with Gasteiger partial charge in [-0.05, 0) is 11.6 Å². The summed E-state index contributed by atoms with van der Waals surface area (Å²) in [5.74, 6) is 1.64. The van der Waals surface area contributed by atoms with Crippen molar-refractivity contribution < 1.29 is 4.79 Å². The first kappa shape index (κ1) is 20.3. The van der Waals surface area contributed by atoms with Crippen LogP contribution in [0.25, 0.3) is 21.3 Å². The molecular formula is C23H23N7OS. The SMILES string of the molecule is O=C(CCNc1ncnc2scc(-c3ccccc3)c12)N1CCN(c2ncccn2)CC1. The first-order valence-corrected chi connectivity index (χ1v) is 11.5. The number of rotatable bonds is 6. The number of benzene rings is 1. The highest BCUT2D eigenvalue weighted by molar-refractivity contribution is 7.17. The molecule has 1 aliphatic heterocycles. The molecule has 5 rings (SSSR count). The number of piperazine rings is 1. The fourth-order valence-electron chi connectivity index (χ4n) is 3.90. The average molecular weight is 446 g/mol. The standard InChI is InChI=1S/C23H23N7OS/c31-19(29-11-13-30(14-12-29)23-25-8-4-9-26-23)7-10-24-21-20-18(17-5-2-1-3-6-17)15-32-22(20)28-16-27-21/h1-6,8-9,15-16H,7,10-14H2,(H,24,27,28). The lowest BCUT2D eigenvalue weighted by Crippen LogP contribution is -2.49. The first-order valence-electron chi connectivity index (χ1n) is 10.6. The lowest BCUT2D eigenvalue weighted by atomic mass is 10.1. The van der Waals surface area contributed by atoms with E-state index < -0.39 is 0 Å². The summed E-state index contributed by atoms with van der Waals surface area (Å²) >= 11 is 1.60. The molecule has 3 aromatic heterocycles. The molecule has 162 valence electrons. The summed E-state index contributed by atoms with van der Waals surface area (Å²) < 4.78 is 0. The van der Waals surface area contributed by atoms with E-state index in [1.54, 1.807) is 36.1 Å². The van der Waals surface area contributed by atoms with Crippen molar-refractivity contribution in [2.24, 2.45) is 0 Å². The van der Waals surface area contributed by atoms with Gasteiger partial charge in [-0.3, -0.25) is 4.79 Å². The second-order valence-electron chi connectivity index (χ2n) is 7.51. The van der Waals surface area contributed by atoms with E-state index in [0.29, 0.717) is 26.1 Å². The number of carbonyl (C=O) groups excluding carboxylic acids is 1. The Morgan fingerprint density at radius 2 is 1.75 bits per heavy atom. The Morgan fingerprint density at radius 3 is 2.53 bits per heavy atom. The number of amides is 1. The van der Waals surface area contributed by atoms with Gasteiger partial charge in [0.05, 0.1) is 5.39 Å². The molecule has 0 saturated carbocycles. The third-order valence-electron chi connectivity index (χ3n) is 5.55. The number of fused-ring (bicyclic) bond motifs is 1. The second-order valence-corrected chi connectivity index (χ2v) is 8.37. The number of aromatic nitrogens is 4. The maximum Gasteiger partial charge on any atom is 0.225 e. The fraction of sp³-hybridized carbons (Fsp3) is 0.261. The van der Waals surface area contributed by atoms with Crippen molar-refractivity contribution >= 4 is 39.2 Å². The van der Waals surface area contributed by atoms with E-state index in [4.69, 9.17) is 0 Å². The fourth-order valence-corrected chi connectivity index (χ4v) is 4.81. The normalized spacial score (nSPS) is 14.0. The minimum atomic E-state index is 0.144. The van der Waals surface area contributed by atoms with E-state index in [-0.39, 0.29) is 5.91 Å². The van der Waals surface area contributed by atoms with E-state index in [0.717, 1.165) is 46.2 Å². The summed E-state index contributed by atoms with van der Waals surface area (Å²) in [7, 11) is 0. The molecule has 1 N–H and O–H groups in total. The van der Waals surface area contributed by atoms with Crippen LogP contribution < -0.4 is 10.2 Å². The second kappa shape index (κ2) is 9.27. The van der Waals surface area contributed by atoms with E-state index in [1.165, 1.54) is 0 Å². The lowest BCUT2D eigenvalue weighted by molar-refractivity contribution is -0.131. The molecule has 4 heterocycles. The number of hydrogen-bond donors (Lipinski definition) is 1. The predicted molar refractivity (Wildman–Crippen MR) is 127 cm³/mol. The molecule has 1 saturated heterocycles. The molecule has 0 bridgehead atoms. The Labute approximate surface area is 190 Å². The number of thiophene rings is 1. The van der Waals surface area contributed by atoms with Crippen molar-refractivity contribution in [1.29, 1.82) is 0 Å². The summed E-state index contributed by atoms with van der Waals surface area (Å²) in [6, 6.07) is 12.0. The van der Waals surface area contributed by atoms with Crippen LogP contribution in [0.4, 0.5) is 11.8 Å². The number of nitrogens with zero attached hydrogens (tertiary/aromatic N) is 6. The van der Waals surface area contributed by atoms with Crippen LogP contribution in [0.1, 0.15) is 6.42 Å². The van der Waals surface area contributed by atoms with Crippen molar-refractivity contribution in [2.75, 3.05) is 42.9 Å². The van der Waals surface area contributed by atoms with Crippen LogP contribution in [0.15, 0.2) is 60.5 Å². The maximum atomic E-state index is 12.7. The smallest absolute Gasteiger partial charge is 0.225 e. The number of nitrogens with one attached hydrogen (secondary N) is 1. The minimum Gasteiger partial charge on any atom is -0.369 e. The molecular weight excluding hydrogens is 422 g/mol. The van der Waals surface area contributed by atoms with Crippen molar-refractivity contribution in [2.45, 2.75) is 6.42 Å². The van der Waals surface area contributed by atoms with Gasteiger partial charge in [0.15, 0.2) is 0 Å². The molecule has 8 nitrogen and oxygen atoms in total. The molecule has 0 aliphatic carbocycles. The third-order valence-corrected chi connectivity index (χ3v) is 6.44. The number of anilines is 2. The topological polar surface area (TPSA) is 87.1 Å². The van der Waals surface area contributed by atoms with Gasteiger partial charge in [-0.25, -0.2) is 19.9 Å². The Bertz CT molecular complexity index is 1190. The van der Waals surface area contributed by atoms with E-state index >= 15 is 0 Å². The van der Waals surface area contributed by atoms with Gasteiger partial charge in [0.1, 0.15) is 17.0 Å². The molecule has 0 radical (unpaired) electrons. The zero-order valence-corrected chi connectivity index (χ0v) is 18.3. The summed E-state index contributed by atoms with van der Waals surface area (Å²) in [5, 5.41) is 6.49. The Kier molecular flexibility index (Phi) is 5.89. The quantitative estimate of drug-likeness (QED) is 0.487. The van der Waals surface area contributed by atoms with Gasteiger partial charge in [0, 0.05) is 62.5 Å². The molecule has 4 aromatic rings. The van der Waals surface area contributed by atoms with Crippen molar-refractivity contribution in [3.63, 3.8) is 0 Å². The molecule has 1 aromatic carbocycles. The molecule has 1 aliphatic rings. The van der Waals surface area contributed by atoms with E-state index in [2.05, 4.69) is 47.7 Å². The summed E-state index contributed by atoms with van der Waals surface area (Å²) in [6.07, 6.45) is 5.47. The maximum absolute atomic E-state index is 12.7. The van der Waals surface area contributed by atoms with Crippen molar-refractivity contribution in [3.05, 3.63) is 60.5 Å². The highest BCUT2D eigenvalue weighted by Gasteiger charge is 2.22. The Hall–Kier alpha value is -3.59. The Morgan fingerprint density at radius 1 is 0.969 bits per heavy atom. The Balaban J connectivity index is 1.20. The van der Waals surface area contributed by atoms with Gasteiger partial charge >= 0.3 is 0 Å². The first-order chi connectivity index (χ1) is 15.8. The van der Waals surface area contributed by atoms with Gasteiger partial charge in [0.2, 0.25) is 11.9 Å². The van der Waals surface area contributed by atoms with Crippen molar-refractivity contribution in [1.82, 2.24) is 24.8 Å². The summed E-state index contributed by atoms with van der Waals surface area (Å²) in [6.45, 7) is 3.36. The van der Waals surface area contributed by atoms with Crippen LogP contribution >= 0.6 is 11.3 Å². The van der Waals surface area contributed by atoms with Gasteiger partial charge in [0.25, 0.3) is 0 Å². The molecule has 9 heteroatoms. The van der Waals surface area contributed by atoms with Gasteiger partial charge < -0.3 is 15.1 Å². The molecule has 1 fully saturated rings. The summed E-state index contributed by atoms with van der Waals surface area (Å²) in [4.78, 5) is 35.2. The van der Waals surface area contributed by atoms with Gasteiger partial charge in [-0.1, -0.05) is 30.3 Å². The van der Waals surface area contributed by atoms with Crippen molar-refractivity contribution in [3.8, 4) is 11.1 Å². The zero-order valence-electron chi connectivity index (χ0n) is 17.5. The molecule has 32 heavy (non-hydrogen) atoms. The van der Waals surface area contributed by atoms with Crippen LogP contribution in [-0.4, -0.2) is 63.5 Å². The number of hydrogen-bond acceptors (Lipinski definition) is 8. The largest absolute Gasteiger partial charge is 0.369 e. The number of carbonyl (C=O) groups is 1. The third kappa shape index (κ3) is 4.24. The molecule has 0 atom stereocenters. The van der Waals surface area contributed by atoms with Crippen LogP contribution in [0.2, 0.25) is 0 Å². The lowest BCUT2D eigenvalue weighted by Gasteiger charge is -2.34. The van der Waals surface area contributed by atoms with E-state index in [1.807, 2.05) is 23.1 Å². The molecule has 0 unspecified atom stereocenters.